The molecule has 100 valence electrons. The number of benzene rings is 1. The SMILES string of the molecule is CC(C)OCCNCCc1ccccc1[N+](=O)[O-]. The fourth-order valence-electron chi connectivity index (χ4n) is 1.62. The minimum atomic E-state index is -0.336. The normalized spacial score (nSPS) is 10.8. The molecule has 0 atom stereocenters. The Morgan fingerprint density at radius 1 is 1.33 bits per heavy atom. The van der Waals surface area contributed by atoms with Gasteiger partial charge in [0.15, 0.2) is 0 Å². The summed E-state index contributed by atoms with van der Waals surface area (Å²) >= 11 is 0. The number of nitrogens with one attached hydrogen (secondary N) is 1. The van der Waals surface area contributed by atoms with Crippen LogP contribution in [0, 0.1) is 10.1 Å². The van der Waals surface area contributed by atoms with E-state index in [0.29, 0.717) is 19.6 Å². The highest BCUT2D eigenvalue weighted by Crippen LogP contribution is 2.17. The number of ether oxygens (including phenoxy) is 1. The van der Waals surface area contributed by atoms with Crippen LogP contribution in [0.15, 0.2) is 24.3 Å². The highest BCUT2D eigenvalue weighted by atomic mass is 16.6. The van der Waals surface area contributed by atoms with Crippen LogP contribution in [-0.2, 0) is 11.2 Å². The second-order valence-corrected chi connectivity index (χ2v) is 4.31. The zero-order valence-electron chi connectivity index (χ0n) is 10.9. The van der Waals surface area contributed by atoms with Crippen molar-refractivity contribution in [3.8, 4) is 0 Å². The maximum Gasteiger partial charge on any atom is 0.272 e. The van der Waals surface area contributed by atoms with Crippen molar-refractivity contribution in [1.29, 1.82) is 0 Å². The fourth-order valence-corrected chi connectivity index (χ4v) is 1.62. The van der Waals surface area contributed by atoms with Gasteiger partial charge in [0.1, 0.15) is 0 Å². The van der Waals surface area contributed by atoms with Crippen LogP contribution in [0.3, 0.4) is 0 Å². The molecule has 0 heterocycles. The predicted molar refractivity (Wildman–Crippen MR) is 70.8 cm³/mol. The van der Waals surface area contributed by atoms with Gasteiger partial charge in [0.2, 0.25) is 0 Å². The minimum Gasteiger partial charge on any atom is -0.377 e. The Balaban J connectivity index is 2.29. The van der Waals surface area contributed by atoms with Crippen LogP contribution >= 0.6 is 0 Å². The molecule has 0 saturated carbocycles. The van der Waals surface area contributed by atoms with Gasteiger partial charge in [-0.15, -0.1) is 0 Å². The Morgan fingerprint density at radius 2 is 2.06 bits per heavy atom. The molecule has 18 heavy (non-hydrogen) atoms. The lowest BCUT2D eigenvalue weighted by Gasteiger charge is -2.08. The van der Waals surface area contributed by atoms with Crippen molar-refractivity contribution in [2.24, 2.45) is 0 Å². The molecule has 5 heteroatoms. The van der Waals surface area contributed by atoms with Gasteiger partial charge in [-0.05, 0) is 26.8 Å². The van der Waals surface area contributed by atoms with Gasteiger partial charge in [0.05, 0.1) is 17.6 Å². The summed E-state index contributed by atoms with van der Waals surface area (Å²) in [6, 6.07) is 6.84. The molecule has 0 amide bonds. The average Bonchev–Trinajstić information content (AvgIpc) is 2.33. The second-order valence-electron chi connectivity index (χ2n) is 4.31. The molecule has 1 N–H and O–H groups in total. The summed E-state index contributed by atoms with van der Waals surface area (Å²) in [7, 11) is 0. The molecule has 1 aromatic carbocycles. The van der Waals surface area contributed by atoms with Crippen molar-refractivity contribution >= 4 is 5.69 Å². The van der Waals surface area contributed by atoms with E-state index in [4.69, 9.17) is 4.74 Å². The van der Waals surface area contributed by atoms with Gasteiger partial charge in [0.25, 0.3) is 5.69 Å². The summed E-state index contributed by atoms with van der Waals surface area (Å²) in [5.41, 5.74) is 0.956. The van der Waals surface area contributed by atoms with E-state index in [1.165, 1.54) is 6.07 Å². The highest BCUT2D eigenvalue weighted by Gasteiger charge is 2.11. The Labute approximate surface area is 107 Å². The summed E-state index contributed by atoms with van der Waals surface area (Å²) in [5.74, 6) is 0. The Morgan fingerprint density at radius 3 is 2.72 bits per heavy atom. The summed E-state index contributed by atoms with van der Waals surface area (Å²) in [6.07, 6.45) is 0.890. The molecular weight excluding hydrogens is 232 g/mol. The van der Waals surface area contributed by atoms with Crippen molar-refractivity contribution in [2.75, 3.05) is 19.7 Å². The third-order valence-corrected chi connectivity index (χ3v) is 2.49. The average molecular weight is 252 g/mol. The largest absolute Gasteiger partial charge is 0.377 e. The van der Waals surface area contributed by atoms with E-state index < -0.39 is 0 Å². The Bertz CT molecular complexity index is 380. The molecule has 0 aromatic heterocycles. The van der Waals surface area contributed by atoms with Gasteiger partial charge in [-0.3, -0.25) is 10.1 Å². The number of nitrogens with zero attached hydrogens (tertiary/aromatic N) is 1. The van der Waals surface area contributed by atoms with Crippen LogP contribution < -0.4 is 5.32 Å². The Hall–Kier alpha value is -1.46. The first-order valence-corrected chi connectivity index (χ1v) is 6.16. The number of rotatable bonds is 8. The van der Waals surface area contributed by atoms with E-state index in [9.17, 15) is 10.1 Å². The van der Waals surface area contributed by atoms with Gasteiger partial charge in [-0.25, -0.2) is 0 Å². The van der Waals surface area contributed by atoms with Gasteiger partial charge in [-0.2, -0.15) is 0 Å². The lowest BCUT2D eigenvalue weighted by molar-refractivity contribution is -0.385. The van der Waals surface area contributed by atoms with E-state index >= 15 is 0 Å². The predicted octanol–water partition coefficient (Wildman–Crippen LogP) is 2.15. The third-order valence-electron chi connectivity index (χ3n) is 2.49. The molecule has 0 bridgehead atoms. The molecule has 0 saturated heterocycles. The summed E-state index contributed by atoms with van der Waals surface area (Å²) < 4.78 is 5.39. The van der Waals surface area contributed by atoms with Gasteiger partial charge in [-0.1, -0.05) is 18.2 Å². The van der Waals surface area contributed by atoms with Crippen LogP contribution in [0.1, 0.15) is 19.4 Å². The molecule has 0 spiro atoms. The molecule has 0 aliphatic rings. The van der Waals surface area contributed by atoms with Crippen LogP contribution in [0.4, 0.5) is 5.69 Å². The maximum atomic E-state index is 10.8. The first-order valence-electron chi connectivity index (χ1n) is 6.16. The van der Waals surface area contributed by atoms with E-state index in [2.05, 4.69) is 5.32 Å². The molecule has 1 rings (SSSR count). The van der Waals surface area contributed by atoms with Crippen molar-refractivity contribution in [1.82, 2.24) is 5.32 Å². The summed E-state index contributed by atoms with van der Waals surface area (Å²) in [5, 5.41) is 14.0. The maximum absolute atomic E-state index is 10.8. The van der Waals surface area contributed by atoms with Crippen LogP contribution in [-0.4, -0.2) is 30.7 Å². The topological polar surface area (TPSA) is 64.4 Å². The minimum absolute atomic E-state index is 0.192. The van der Waals surface area contributed by atoms with Crippen molar-refractivity contribution in [3.63, 3.8) is 0 Å². The summed E-state index contributed by atoms with van der Waals surface area (Å²) in [6.45, 7) is 6.13. The standard InChI is InChI=1S/C13H20N2O3/c1-11(2)18-10-9-14-8-7-12-5-3-4-6-13(12)15(16)17/h3-6,11,14H,7-10H2,1-2H3. The van der Waals surface area contributed by atoms with Crippen molar-refractivity contribution < 1.29 is 9.66 Å². The van der Waals surface area contributed by atoms with Gasteiger partial charge >= 0.3 is 0 Å². The first kappa shape index (κ1) is 14.6. The number of nitro benzene ring substituents is 1. The van der Waals surface area contributed by atoms with Crippen molar-refractivity contribution in [3.05, 3.63) is 39.9 Å². The molecule has 0 fully saturated rings. The molecular formula is C13H20N2O3. The Kier molecular flexibility index (Phi) is 6.32. The molecule has 5 nitrogen and oxygen atoms in total. The van der Waals surface area contributed by atoms with E-state index in [1.807, 2.05) is 19.9 Å². The molecule has 1 aromatic rings. The van der Waals surface area contributed by atoms with Gasteiger partial charge < -0.3 is 10.1 Å². The lowest BCUT2D eigenvalue weighted by Crippen LogP contribution is -2.23. The smallest absolute Gasteiger partial charge is 0.272 e. The third kappa shape index (κ3) is 5.25. The zero-order valence-corrected chi connectivity index (χ0v) is 10.9. The molecule has 0 unspecified atom stereocenters. The first-order chi connectivity index (χ1) is 8.61. The number of para-hydroxylation sites is 1. The molecule has 0 aliphatic heterocycles. The van der Waals surface area contributed by atoms with Gasteiger partial charge in [0, 0.05) is 18.2 Å². The van der Waals surface area contributed by atoms with E-state index in [0.717, 1.165) is 12.1 Å². The second kappa shape index (κ2) is 7.79. The lowest BCUT2D eigenvalue weighted by atomic mass is 10.1. The van der Waals surface area contributed by atoms with Crippen molar-refractivity contribution in [2.45, 2.75) is 26.4 Å². The monoisotopic (exact) mass is 252 g/mol. The number of hydrogen-bond acceptors (Lipinski definition) is 4. The zero-order chi connectivity index (χ0) is 13.4. The van der Waals surface area contributed by atoms with E-state index in [1.54, 1.807) is 12.1 Å². The molecule has 0 aliphatic carbocycles. The molecule has 0 radical (unpaired) electrons. The highest BCUT2D eigenvalue weighted by molar-refractivity contribution is 5.39. The number of hydrogen-bond donors (Lipinski definition) is 1. The quantitative estimate of drug-likeness (QED) is 0.437. The fraction of sp³-hybridized carbons (Fsp3) is 0.538. The number of nitro groups is 1. The van der Waals surface area contributed by atoms with Crippen LogP contribution in [0.25, 0.3) is 0 Å². The van der Waals surface area contributed by atoms with Crippen LogP contribution in [0.5, 0.6) is 0 Å². The van der Waals surface area contributed by atoms with Crippen LogP contribution in [0.2, 0.25) is 0 Å². The van der Waals surface area contributed by atoms with E-state index in [-0.39, 0.29) is 16.7 Å². The summed E-state index contributed by atoms with van der Waals surface area (Å²) in [4.78, 5) is 10.5.